The number of halogens is 7. The van der Waals surface area contributed by atoms with Gasteiger partial charge in [0.05, 0.1) is 10.9 Å². The highest BCUT2D eigenvalue weighted by Crippen LogP contribution is 2.41. The van der Waals surface area contributed by atoms with E-state index in [9.17, 15) is 22.0 Å². The molecule has 0 spiro atoms. The van der Waals surface area contributed by atoms with E-state index in [2.05, 4.69) is 6.92 Å². The zero-order chi connectivity index (χ0) is 32.1. The first-order valence-electron chi connectivity index (χ1n) is 16.5. The van der Waals surface area contributed by atoms with Crippen LogP contribution in [0.4, 0.5) is 30.7 Å². The fourth-order valence-corrected chi connectivity index (χ4v) is 7.58. The Balaban J connectivity index is 1.19. The lowest BCUT2D eigenvalue weighted by molar-refractivity contribution is -0.0696. The van der Waals surface area contributed by atoms with Crippen molar-refractivity contribution in [2.75, 3.05) is 0 Å². The van der Waals surface area contributed by atoms with Crippen LogP contribution in [0.25, 0.3) is 21.9 Å². The first-order chi connectivity index (χ1) is 21.5. The Kier molecular flexibility index (Phi) is 10.8. The molecule has 0 aromatic heterocycles. The molecule has 7 heteroatoms. The van der Waals surface area contributed by atoms with Crippen molar-refractivity contribution in [3.63, 3.8) is 0 Å². The highest BCUT2D eigenvalue weighted by molar-refractivity contribution is 5.90. The van der Waals surface area contributed by atoms with Gasteiger partial charge in [0.2, 0.25) is 0 Å². The van der Waals surface area contributed by atoms with E-state index in [-0.39, 0.29) is 22.4 Å². The molecule has 2 aliphatic carbocycles. The van der Waals surface area contributed by atoms with E-state index in [0.29, 0.717) is 5.92 Å². The topological polar surface area (TPSA) is 0 Å². The maximum absolute atomic E-state index is 15.4. The molecule has 5 rings (SSSR count). The molecule has 2 aliphatic rings. The second kappa shape index (κ2) is 14.6. The minimum Gasteiger partial charge on any atom is -0.206 e. The minimum atomic E-state index is -4.97. The molecule has 3 aromatic rings. The minimum absolute atomic E-state index is 0.0788. The molecule has 0 aliphatic heterocycles. The molecule has 0 heterocycles. The van der Waals surface area contributed by atoms with Gasteiger partial charge in [0.1, 0.15) is 17.5 Å². The average Bonchev–Trinajstić information content (AvgIpc) is 3.00. The van der Waals surface area contributed by atoms with Gasteiger partial charge in [-0.1, -0.05) is 89.2 Å². The number of hydrogen-bond donors (Lipinski definition) is 0. The molecular formula is C38H41F7. The molecule has 0 atom stereocenters. The first-order valence-corrected chi connectivity index (χ1v) is 16.5. The van der Waals surface area contributed by atoms with E-state index in [4.69, 9.17) is 0 Å². The van der Waals surface area contributed by atoms with Crippen molar-refractivity contribution >= 4 is 10.8 Å². The van der Waals surface area contributed by atoms with E-state index < -0.39 is 40.4 Å². The predicted molar refractivity (Wildman–Crippen MR) is 166 cm³/mol. The van der Waals surface area contributed by atoms with Crippen LogP contribution in [0.1, 0.15) is 114 Å². The summed E-state index contributed by atoms with van der Waals surface area (Å²) in [5.74, 6) is 0.400. The summed E-state index contributed by atoms with van der Waals surface area (Å²) >= 11 is 0. The van der Waals surface area contributed by atoms with Crippen molar-refractivity contribution in [1.82, 2.24) is 0 Å². The van der Waals surface area contributed by atoms with E-state index in [1.54, 1.807) is 6.07 Å². The summed E-state index contributed by atoms with van der Waals surface area (Å²) in [5, 5.41) is -0.935. The summed E-state index contributed by atoms with van der Waals surface area (Å²) in [5.41, 5.74) is -0.120. The van der Waals surface area contributed by atoms with Gasteiger partial charge in [0.15, 0.2) is 5.82 Å². The maximum atomic E-state index is 15.4. The predicted octanol–water partition coefficient (Wildman–Crippen LogP) is 12.4. The number of unbranched alkanes of at least 4 members (excludes halogenated alkanes) is 2. The Morgan fingerprint density at radius 2 is 1.31 bits per heavy atom. The SMILES string of the molecule is CCCCCC1CCC(CCC2CCC(c3ccc(-c4cc(F)c5c(F)c(C#CC(F)(F)F)c(F)cc5c4)c(F)c3)CC2)CC1. The van der Waals surface area contributed by atoms with Gasteiger partial charge in [-0.2, -0.15) is 13.2 Å². The van der Waals surface area contributed by atoms with Gasteiger partial charge in [-0.25, -0.2) is 17.6 Å². The lowest BCUT2D eigenvalue weighted by Gasteiger charge is -2.32. The quantitative estimate of drug-likeness (QED) is 0.125. The van der Waals surface area contributed by atoms with Gasteiger partial charge < -0.3 is 0 Å². The maximum Gasteiger partial charge on any atom is 0.458 e. The van der Waals surface area contributed by atoms with Crippen LogP contribution in [-0.2, 0) is 0 Å². The summed E-state index contributed by atoms with van der Waals surface area (Å²) in [6.07, 6.45) is 12.8. The van der Waals surface area contributed by atoms with Crippen LogP contribution in [0.3, 0.4) is 0 Å². The van der Waals surface area contributed by atoms with Crippen LogP contribution in [0, 0.1) is 52.9 Å². The molecule has 242 valence electrons. The molecular weight excluding hydrogens is 589 g/mol. The lowest BCUT2D eigenvalue weighted by Crippen LogP contribution is -2.18. The third kappa shape index (κ3) is 8.43. The summed E-state index contributed by atoms with van der Waals surface area (Å²) in [6, 6.07) is 7.72. The van der Waals surface area contributed by atoms with Gasteiger partial charge in [0.25, 0.3) is 0 Å². The second-order valence-electron chi connectivity index (χ2n) is 13.3. The van der Waals surface area contributed by atoms with Crippen molar-refractivity contribution in [2.24, 2.45) is 17.8 Å². The molecule has 0 unspecified atom stereocenters. The van der Waals surface area contributed by atoms with E-state index in [1.165, 1.54) is 82.3 Å². The largest absolute Gasteiger partial charge is 0.458 e. The van der Waals surface area contributed by atoms with Gasteiger partial charge in [-0.15, -0.1) is 0 Å². The van der Waals surface area contributed by atoms with Crippen LogP contribution >= 0.6 is 0 Å². The molecule has 0 radical (unpaired) electrons. The summed E-state index contributed by atoms with van der Waals surface area (Å²) in [7, 11) is 0. The normalized spacial score (nSPS) is 22.3. The Hall–Kier alpha value is -3.01. The fraction of sp³-hybridized carbons (Fsp3) is 0.526. The van der Waals surface area contributed by atoms with Crippen LogP contribution in [-0.4, -0.2) is 6.18 Å². The highest BCUT2D eigenvalue weighted by Gasteiger charge is 2.27. The number of alkyl halides is 3. The molecule has 0 saturated heterocycles. The molecule has 45 heavy (non-hydrogen) atoms. The lowest BCUT2D eigenvalue weighted by atomic mass is 9.74. The Labute approximate surface area is 261 Å². The molecule has 0 bridgehead atoms. The molecule has 0 N–H and O–H groups in total. The first kappa shape index (κ1) is 33.4. The van der Waals surface area contributed by atoms with Crippen LogP contribution in [0.2, 0.25) is 0 Å². The van der Waals surface area contributed by atoms with Crippen molar-refractivity contribution in [2.45, 2.75) is 109 Å². The molecule has 2 saturated carbocycles. The summed E-state index contributed by atoms with van der Waals surface area (Å²) < 4.78 is 97.1. The summed E-state index contributed by atoms with van der Waals surface area (Å²) in [4.78, 5) is 0. The average molecular weight is 631 g/mol. The van der Waals surface area contributed by atoms with Crippen molar-refractivity contribution in [3.8, 4) is 23.0 Å². The van der Waals surface area contributed by atoms with Crippen LogP contribution in [0.15, 0.2) is 36.4 Å². The Morgan fingerprint density at radius 1 is 0.689 bits per heavy atom. The highest BCUT2D eigenvalue weighted by atomic mass is 19.4. The van der Waals surface area contributed by atoms with E-state index >= 15 is 8.78 Å². The van der Waals surface area contributed by atoms with Crippen molar-refractivity contribution in [3.05, 3.63) is 70.8 Å². The molecule has 0 nitrogen and oxygen atoms in total. The third-order valence-corrected chi connectivity index (χ3v) is 10.2. The number of hydrogen-bond acceptors (Lipinski definition) is 0. The second-order valence-corrected chi connectivity index (χ2v) is 13.3. The zero-order valence-corrected chi connectivity index (χ0v) is 25.8. The number of fused-ring (bicyclic) bond motifs is 1. The molecule has 3 aromatic carbocycles. The van der Waals surface area contributed by atoms with Gasteiger partial charge in [-0.3, -0.25) is 0 Å². The van der Waals surface area contributed by atoms with Gasteiger partial charge in [-0.05, 0) is 90.1 Å². The Bertz CT molecular complexity index is 1530. The molecule has 0 amide bonds. The zero-order valence-electron chi connectivity index (χ0n) is 25.8. The van der Waals surface area contributed by atoms with Crippen molar-refractivity contribution < 1.29 is 30.7 Å². The van der Waals surface area contributed by atoms with Crippen LogP contribution in [0.5, 0.6) is 0 Å². The summed E-state index contributed by atoms with van der Waals surface area (Å²) in [6.45, 7) is 2.26. The number of rotatable bonds is 9. The standard InChI is InChI=1S/C38H41F7/c1-2-3-4-5-24-6-8-25(9-7-24)10-11-26-12-14-27(15-13-26)28-16-17-31(33(39)21-28)29-20-30-23-34(40)32(18-19-38(43,44)45)37(42)36(30)35(41)22-29/h16-17,20-27H,2-15H2,1H3. The Morgan fingerprint density at radius 3 is 1.91 bits per heavy atom. The van der Waals surface area contributed by atoms with Gasteiger partial charge in [0, 0.05) is 11.5 Å². The van der Waals surface area contributed by atoms with Crippen LogP contribution < -0.4 is 0 Å². The van der Waals surface area contributed by atoms with Crippen molar-refractivity contribution in [1.29, 1.82) is 0 Å². The monoisotopic (exact) mass is 630 g/mol. The smallest absolute Gasteiger partial charge is 0.206 e. The van der Waals surface area contributed by atoms with E-state index in [1.807, 2.05) is 6.07 Å². The molecule has 2 fully saturated rings. The number of benzene rings is 3. The third-order valence-electron chi connectivity index (χ3n) is 10.2. The fourth-order valence-electron chi connectivity index (χ4n) is 7.58. The van der Waals surface area contributed by atoms with E-state index in [0.717, 1.165) is 61.1 Å². The van der Waals surface area contributed by atoms with Gasteiger partial charge >= 0.3 is 6.18 Å².